The van der Waals surface area contributed by atoms with E-state index >= 15 is 0 Å². The number of hydrogen-bond donors (Lipinski definition) is 0. The molecule has 0 amide bonds. The van der Waals surface area contributed by atoms with Crippen LogP contribution in [-0.2, 0) is 4.74 Å². The van der Waals surface area contributed by atoms with Gasteiger partial charge in [0.05, 0.1) is 13.2 Å². The van der Waals surface area contributed by atoms with Gasteiger partial charge in [-0.1, -0.05) is 0 Å². The number of methoxy groups -OCH3 is 1. The molecule has 0 aliphatic heterocycles. The SMILES string of the molecule is COCCN(C)CC(=O)c1cc(C)n(-c2ccc(I)cc2)c1C. The van der Waals surface area contributed by atoms with E-state index < -0.39 is 0 Å². The highest BCUT2D eigenvalue weighted by molar-refractivity contribution is 14.1. The van der Waals surface area contributed by atoms with E-state index in [1.165, 1.54) is 3.57 Å². The molecule has 0 atom stereocenters. The molecule has 0 saturated heterocycles. The summed E-state index contributed by atoms with van der Waals surface area (Å²) >= 11 is 2.29. The van der Waals surface area contributed by atoms with Crippen LogP contribution in [0.5, 0.6) is 0 Å². The maximum atomic E-state index is 12.6. The predicted molar refractivity (Wildman–Crippen MR) is 102 cm³/mol. The van der Waals surface area contributed by atoms with Gasteiger partial charge in [0.25, 0.3) is 0 Å². The lowest BCUT2D eigenvalue weighted by atomic mass is 10.1. The molecule has 5 heteroatoms. The van der Waals surface area contributed by atoms with Gasteiger partial charge < -0.3 is 9.30 Å². The van der Waals surface area contributed by atoms with Crippen LogP contribution >= 0.6 is 22.6 Å². The zero-order valence-corrected chi connectivity index (χ0v) is 16.3. The van der Waals surface area contributed by atoms with Gasteiger partial charge in [-0.2, -0.15) is 0 Å². The smallest absolute Gasteiger partial charge is 0.178 e. The molecule has 0 saturated carbocycles. The summed E-state index contributed by atoms with van der Waals surface area (Å²) in [4.78, 5) is 14.6. The second kappa shape index (κ2) is 8.08. The van der Waals surface area contributed by atoms with Crippen molar-refractivity contribution >= 4 is 28.4 Å². The number of carbonyl (C=O) groups is 1. The third kappa shape index (κ3) is 4.43. The minimum Gasteiger partial charge on any atom is -0.383 e. The minimum absolute atomic E-state index is 0.147. The summed E-state index contributed by atoms with van der Waals surface area (Å²) in [5.74, 6) is 0.147. The summed E-state index contributed by atoms with van der Waals surface area (Å²) < 4.78 is 8.39. The normalized spacial score (nSPS) is 11.2. The maximum Gasteiger partial charge on any atom is 0.178 e. The van der Waals surface area contributed by atoms with Gasteiger partial charge in [0.1, 0.15) is 0 Å². The number of carbonyl (C=O) groups excluding carboxylic acids is 1. The lowest BCUT2D eigenvalue weighted by molar-refractivity contribution is 0.0922. The Morgan fingerprint density at radius 2 is 1.91 bits per heavy atom. The van der Waals surface area contributed by atoms with E-state index in [-0.39, 0.29) is 5.78 Å². The molecule has 0 unspecified atom stereocenters. The highest BCUT2D eigenvalue weighted by atomic mass is 127. The van der Waals surface area contributed by atoms with Crippen LogP contribution in [0.15, 0.2) is 30.3 Å². The monoisotopic (exact) mass is 426 g/mol. The number of hydrogen-bond acceptors (Lipinski definition) is 3. The van der Waals surface area contributed by atoms with E-state index in [0.29, 0.717) is 13.2 Å². The molecule has 1 aromatic heterocycles. The highest BCUT2D eigenvalue weighted by Gasteiger charge is 2.17. The van der Waals surface area contributed by atoms with Gasteiger partial charge >= 0.3 is 0 Å². The Hall–Kier alpha value is -1.18. The maximum absolute atomic E-state index is 12.6. The molecule has 0 N–H and O–H groups in total. The Morgan fingerprint density at radius 1 is 1.26 bits per heavy atom. The van der Waals surface area contributed by atoms with Crippen molar-refractivity contribution in [2.45, 2.75) is 13.8 Å². The van der Waals surface area contributed by atoms with Crippen LogP contribution in [0.1, 0.15) is 21.7 Å². The van der Waals surface area contributed by atoms with Crippen molar-refractivity contribution in [2.75, 3.05) is 33.9 Å². The number of nitrogens with zero attached hydrogens (tertiary/aromatic N) is 2. The molecule has 1 heterocycles. The first-order chi connectivity index (χ1) is 10.9. The van der Waals surface area contributed by atoms with Crippen molar-refractivity contribution < 1.29 is 9.53 Å². The summed E-state index contributed by atoms with van der Waals surface area (Å²) in [6.45, 7) is 5.83. The summed E-state index contributed by atoms with van der Waals surface area (Å²) in [6.07, 6.45) is 0. The van der Waals surface area contributed by atoms with Crippen molar-refractivity contribution in [1.29, 1.82) is 0 Å². The molecule has 0 bridgehead atoms. The van der Waals surface area contributed by atoms with Gasteiger partial charge in [-0.15, -0.1) is 0 Å². The third-order valence-corrected chi connectivity index (χ3v) is 4.63. The number of aryl methyl sites for hydroxylation is 1. The lowest BCUT2D eigenvalue weighted by Gasteiger charge is -2.15. The molecule has 2 rings (SSSR count). The topological polar surface area (TPSA) is 34.5 Å². The quantitative estimate of drug-likeness (QED) is 0.503. The first-order valence-corrected chi connectivity index (χ1v) is 8.67. The molecule has 0 aliphatic rings. The first kappa shape index (κ1) is 18.2. The summed E-state index contributed by atoms with van der Waals surface area (Å²) in [7, 11) is 3.61. The first-order valence-electron chi connectivity index (χ1n) is 7.59. The van der Waals surface area contributed by atoms with E-state index in [1.807, 2.05) is 31.9 Å². The molecular weight excluding hydrogens is 403 g/mol. The number of rotatable bonds is 7. The summed E-state index contributed by atoms with van der Waals surface area (Å²) in [5, 5.41) is 0. The second-order valence-electron chi connectivity index (χ2n) is 5.75. The van der Waals surface area contributed by atoms with Gasteiger partial charge in [0.2, 0.25) is 0 Å². The Kier molecular flexibility index (Phi) is 6.38. The zero-order valence-electron chi connectivity index (χ0n) is 14.1. The zero-order chi connectivity index (χ0) is 17.0. The van der Waals surface area contributed by atoms with Crippen LogP contribution in [0, 0.1) is 17.4 Å². The Bertz CT molecular complexity index is 677. The average molecular weight is 426 g/mol. The Labute approximate surface area is 151 Å². The van der Waals surface area contributed by atoms with Gasteiger partial charge in [-0.05, 0) is 73.8 Å². The van der Waals surface area contributed by atoms with Crippen molar-refractivity contribution in [3.8, 4) is 5.69 Å². The number of halogens is 1. The van der Waals surface area contributed by atoms with Gasteiger partial charge in [0.15, 0.2) is 5.78 Å². The fourth-order valence-corrected chi connectivity index (χ4v) is 3.05. The molecule has 4 nitrogen and oxygen atoms in total. The Balaban J connectivity index is 2.23. The molecule has 1 aromatic carbocycles. The molecule has 0 radical (unpaired) electrons. The number of benzene rings is 1. The van der Waals surface area contributed by atoms with Gasteiger partial charge in [-0.3, -0.25) is 9.69 Å². The molecule has 2 aromatic rings. The van der Waals surface area contributed by atoms with E-state index in [2.05, 4.69) is 51.4 Å². The van der Waals surface area contributed by atoms with Crippen LogP contribution in [0.25, 0.3) is 5.69 Å². The van der Waals surface area contributed by atoms with Crippen molar-refractivity contribution in [2.24, 2.45) is 0 Å². The number of aromatic nitrogens is 1. The summed E-state index contributed by atoms with van der Waals surface area (Å²) in [5.41, 5.74) is 3.96. The van der Waals surface area contributed by atoms with Crippen LogP contribution in [-0.4, -0.2) is 49.1 Å². The Morgan fingerprint density at radius 3 is 2.52 bits per heavy atom. The van der Waals surface area contributed by atoms with Gasteiger partial charge in [0, 0.05) is 39.9 Å². The highest BCUT2D eigenvalue weighted by Crippen LogP contribution is 2.22. The molecule has 0 spiro atoms. The van der Waals surface area contributed by atoms with Crippen LogP contribution in [0.2, 0.25) is 0 Å². The minimum atomic E-state index is 0.147. The number of ketones is 1. The van der Waals surface area contributed by atoms with E-state index in [9.17, 15) is 4.79 Å². The molecule has 0 aliphatic carbocycles. The van der Waals surface area contributed by atoms with E-state index in [0.717, 1.165) is 29.2 Å². The number of likely N-dealkylation sites (N-methyl/N-ethyl adjacent to an activating group) is 1. The summed E-state index contributed by atoms with van der Waals surface area (Å²) in [6, 6.07) is 10.3. The van der Waals surface area contributed by atoms with E-state index in [1.54, 1.807) is 7.11 Å². The van der Waals surface area contributed by atoms with Crippen molar-refractivity contribution in [1.82, 2.24) is 9.47 Å². The predicted octanol–water partition coefficient (Wildman–Crippen LogP) is 3.46. The molecule has 0 fully saturated rings. The molecular formula is C18H23IN2O2. The van der Waals surface area contributed by atoms with Crippen LogP contribution in [0.3, 0.4) is 0 Å². The second-order valence-corrected chi connectivity index (χ2v) is 7.00. The fraction of sp³-hybridized carbons (Fsp3) is 0.389. The average Bonchev–Trinajstić information content (AvgIpc) is 2.81. The largest absolute Gasteiger partial charge is 0.383 e. The third-order valence-electron chi connectivity index (χ3n) is 3.91. The van der Waals surface area contributed by atoms with Gasteiger partial charge in [-0.25, -0.2) is 0 Å². The van der Waals surface area contributed by atoms with E-state index in [4.69, 9.17) is 4.74 Å². The van der Waals surface area contributed by atoms with Crippen molar-refractivity contribution in [3.63, 3.8) is 0 Å². The van der Waals surface area contributed by atoms with Crippen molar-refractivity contribution in [3.05, 3.63) is 50.9 Å². The fourth-order valence-electron chi connectivity index (χ4n) is 2.69. The molecule has 124 valence electrons. The van der Waals surface area contributed by atoms with Crippen LogP contribution in [0.4, 0.5) is 0 Å². The number of Topliss-reactive ketones (excluding diaryl/α,β-unsaturated/α-hetero) is 1. The standard InChI is InChI=1S/C18H23IN2O2/c1-13-11-17(18(22)12-20(3)9-10-23-4)14(2)21(13)16-7-5-15(19)6-8-16/h5-8,11H,9-10,12H2,1-4H3. The molecule has 23 heavy (non-hydrogen) atoms. The lowest BCUT2D eigenvalue weighted by Crippen LogP contribution is -2.29. The number of ether oxygens (including phenoxy) is 1. The van der Waals surface area contributed by atoms with Crippen LogP contribution < -0.4 is 0 Å².